The van der Waals surface area contributed by atoms with Crippen LogP contribution in [0.3, 0.4) is 0 Å². The summed E-state index contributed by atoms with van der Waals surface area (Å²) in [4.78, 5) is 4.96. The third kappa shape index (κ3) is 1.56. The van der Waals surface area contributed by atoms with Crippen LogP contribution < -0.4 is 15.1 Å². The van der Waals surface area contributed by atoms with Gasteiger partial charge in [0.05, 0.1) is 17.1 Å². The molecule has 1 aromatic rings. The first-order chi connectivity index (χ1) is 8.18. The van der Waals surface area contributed by atoms with Gasteiger partial charge in [-0.25, -0.2) is 0 Å². The fraction of sp³-hybridized carbons (Fsp3) is 0.571. The molecular formula is C14H21N3. The number of benzene rings is 1. The SMILES string of the molecule is CC(C)[C@H]1CNc2cccc3c2N1CCN3C. The Kier molecular flexibility index (Phi) is 2.42. The summed E-state index contributed by atoms with van der Waals surface area (Å²) in [5, 5.41) is 3.59. The average molecular weight is 231 g/mol. The van der Waals surface area contributed by atoms with Crippen LogP contribution in [0.2, 0.25) is 0 Å². The molecule has 0 saturated heterocycles. The van der Waals surface area contributed by atoms with Gasteiger partial charge in [0.2, 0.25) is 0 Å². The second-order valence-electron chi connectivity index (χ2n) is 5.48. The minimum absolute atomic E-state index is 0.623. The zero-order chi connectivity index (χ0) is 12.0. The van der Waals surface area contributed by atoms with Crippen molar-refractivity contribution in [3.8, 4) is 0 Å². The van der Waals surface area contributed by atoms with Gasteiger partial charge in [-0.1, -0.05) is 19.9 Å². The molecule has 0 bridgehead atoms. The van der Waals surface area contributed by atoms with Gasteiger partial charge in [0, 0.05) is 32.7 Å². The Bertz CT molecular complexity index is 427. The molecule has 0 spiro atoms. The summed E-state index contributed by atoms with van der Waals surface area (Å²) in [5.74, 6) is 0.687. The third-order valence-corrected chi connectivity index (χ3v) is 4.06. The summed E-state index contributed by atoms with van der Waals surface area (Å²) in [7, 11) is 2.19. The predicted molar refractivity (Wildman–Crippen MR) is 74.2 cm³/mol. The van der Waals surface area contributed by atoms with Gasteiger partial charge in [-0.15, -0.1) is 0 Å². The minimum atomic E-state index is 0.623. The number of hydrogen-bond acceptors (Lipinski definition) is 3. The molecular weight excluding hydrogens is 210 g/mol. The normalized spacial score (nSPS) is 22.5. The smallest absolute Gasteiger partial charge is 0.0843 e. The molecule has 3 heteroatoms. The van der Waals surface area contributed by atoms with Crippen molar-refractivity contribution in [2.24, 2.45) is 5.92 Å². The van der Waals surface area contributed by atoms with Gasteiger partial charge in [-0.3, -0.25) is 0 Å². The maximum absolute atomic E-state index is 3.59. The summed E-state index contributed by atoms with van der Waals surface area (Å²) in [6.07, 6.45) is 0. The van der Waals surface area contributed by atoms with Gasteiger partial charge in [-0.05, 0) is 18.1 Å². The van der Waals surface area contributed by atoms with Crippen molar-refractivity contribution >= 4 is 17.1 Å². The zero-order valence-corrected chi connectivity index (χ0v) is 10.9. The average Bonchev–Trinajstić information content (AvgIpc) is 2.33. The first-order valence-corrected chi connectivity index (χ1v) is 6.53. The molecule has 92 valence electrons. The fourth-order valence-electron chi connectivity index (χ4n) is 3.03. The molecule has 3 nitrogen and oxygen atoms in total. The summed E-state index contributed by atoms with van der Waals surface area (Å²) in [6.45, 7) is 7.97. The molecule has 2 aliphatic heterocycles. The molecule has 1 atom stereocenters. The maximum Gasteiger partial charge on any atom is 0.0843 e. The molecule has 2 aliphatic rings. The first kappa shape index (κ1) is 10.8. The Morgan fingerprint density at radius 1 is 1.29 bits per heavy atom. The summed E-state index contributed by atoms with van der Waals surface area (Å²) >= 11 is 0. The number of nitrogens with zero attached hydrogens (tertiary/aromatic N) is 2. The van der Waals surface area contributed by atoms with E-state index in [9.17, 15) is 0 Å². The van der Waals surface area contributed by atoms with Crippen molar-refractivity contribution in [3.05, 3.63) is 18.2 Å². The highest BCUT2D eigenvalue weighted by Gasteiger charge is 2.33. The Morgan fingerprint density at radius 2 is 2.12 bits per heavy atom. The highest BCUT2D eigenvalue weighted by atomic mass is 15.3. The lowest BCUT2D eigenvalue weighted by Crippen LogP contribution is -2.52. The first-order valence-electron chi connectivity index (χ1n) is 6.53. The molecule has 0 saturated carbocycles. The van der Waals surface area contributed by atoms with Gasteiger partial charge in [0.25, 0.3) is 0 Å². The van der Waals surface area contributed by atoms with Gasteiger partial charge < -0.3 is 15.1 Å². The summed E-state index contributed by atoms with van der Waals surface area (Å²) < 4.78 is 0. The number of likely N-dealkylation sites (N-methyl/N-ethyl adjacent to an activating group) is 1. The Hall–Kier alpha value is -1.38. The minimum Gasteiger partial charge on any atom is -0.381 e. The maximum atomic E-state index is 3.59. The Morgan fingerprint density at radius 3 is 2.88 bits per heavy atom. The van der Waals surface area contributed by atoms with E-state index in [-0.39, 0.29) is 0 Å². The van der Waals surface area contributed by atoms with E-state index in [1.54, 1.807) is 0 Å². The molecule has 3 rings (SSSR count). The van der Waals surface area contributed by atoms with E-state index in [0.29, 0.717) is 12.0 Å². The number of anilines is 3. The Balaban J connectivity index is 2.09. The van der Waals surface area contributed by atoms with Crippen molar-refractivity contribution in [2.45, 2.75) is 19.9 Å². The van der Waals surface area contributed by atoms with E-state index in [0.717, 1.165) is 19.6 Å². The van der Waals surface area contributed by atoms with Gasteiger partial charge in [0.1, 0.15) is 0 Å². The van der Waals surface area contributed by atoms with Crippen LogP contribution in [0, 0.1) is 5.92 Å². The van der Waals surface area contributed by atoms with Crippen molar-refractivity contribution in [1.29, 1.82) is 0 Å². The second kappa shape index (κ2) is 3.83. The molecule has 0 unspecified atom stereocenters. The van der Waals surface area contributed by atoms with E-state index in [4.69, 9.17) is 0 Å². The second-order valence-corrected chi connectivity index (χ2v) is 5.48. The molecule has 0 radical (unpaired) electrons. The molecule has 17 heavy (non-hydrogen) atoms. The summed E-state index contributed by atoms with van der Waals surface area (Å²) in [6, 6.07) is 7.20. The lowest BCUT2D eigenvalue weighted by atomic mass is 9.96. The van der Waals surface area contributed by atoms with E-state index < -0.39 is 0 Å². The number of rotatable bonds is 1. The molecule has 1 aromatic carbocycles. The van der Waals surface area contributed by atoms with Crippen LogP contribution in [-0.4, -0.2) is 32.7 Å². The number of hydrogen-bond donors (Lipinski definition) is 1. The van der Waals surface area contributed by atoms with Crippen molar-refractivity contribution < 1.29 is 0 Å². The molecule has 0 aromatic heterocycles. The van der Waals surface area contributed by atoms with Gasteiger partial charge >= 0.3 is 0 Å². The van der Waals surface area contributed by atoms with Crippen LogP contribution in [0.15, 0.2) is 18.2 Å². The van der Waals surface area contributed by atoms with Crippen molar-refractivity contribution in [1.82, 2.24) is 0 Å². The van der Waals surface area contributed by atoms with Crippen LogP contribution in [0.4, 0.5) is 17.1 Å². The fourth-order valence-corrected chi connectivity index (χ4v) is 3.03. The molecule has 2 heterocycles. The van der Waals surface area contributed by atoms with Crippen LogP contribution in [-0.2, 0) is 0 Å². The molecule has 0 aliphatic carbocycles. The quantitative estimate of drug-likeness (QED) is 0.800. The molecule has 1 N–H and O–H groups in total. The highest BCUT2D eigenvalue weighted by molar-refractivity contribution is 5.87. The van der Waals surface area contributed by atoms with Crippen LogP contribution in [0.1, 0.15) is 13.8 Å². The summed E-state index contributed by atoms with van der Waals surface area (Å²) in [5.41, 5.74) is 4.07. The third-order valence-electron chi connectivity index (χ3n) is 4.06. The zero-order valence-electron chi connectivity index (χ0n) is 10.9. The van der Waals surface area contributed by atoms with Crippen LogP contribution in [0.5, 0.6) is 0 Å². The van der Waals surface area contributed by atoms with E-state index in [1.807, 2.05) is 0 Å². The number of nitrogens with one attached hydrogen (secondary N) is 1. The lowest BCUT2D eigenvalue weighted by Gasteiger charge is -2.47. The van der Waals surface area contributed by atoms with Crippen molar-refractivity contribution in [2.75, 3.05) is 41.8 Å². The van der Waals surface area contributed by atoms with E-state index in [2.05, 4.69) is 54.2 Å². The van der Waals surface area contributed by atoms with Gasteiger partial charge in [-0.2, -0.15) is 0 Å². The Labute approximate surface area is 103 Å². The van der Waals surface area contributed by atoms with E-state index in [1.165, 1.54) is 17.1 Å². The van der Waals surface area contributed by atoms with Crippen LogP contribution in [0.25, 0.3) is 0 Å². The lowest BCUT2D eigenvalue weighted by molar-refractivity contribution is 0.458. The monoisotopic (exact) mass is 231 g/mol. The van der Waals surface area contributed by atoms with Crippen molar-refractivity contribution in [3.63, 3.8) is 0 Å². The number of para-hydroxylation sites is 1. The van der Waals surface area contributed by atoms with Crippen LogP contribution >= 0.6 is 0 Å². The van der Waals surface area contributed by atoms with Gasteiger partial charge in [0.15, 0.2) is 0 Å². The largest absolute Gasteiger partial charge is 0.381 e. The molecule has 0 amide bonds. The predicted octanol–water partition coefficient (Wildman–Crippen LogP) is 2.39. The molecule has 0 fully saturated rings. The highest BCUT2D eigenvalue weighted by Crippen LogP contribution is 2.42. The van der Waals surface area contributed by atoms with E-state index >= 15 is 0 Å². The topological polar surface area (TPSA) is 18.5 Å². The standard InChI is InChI=1S/C14H21N3/c1-10(2)13-9-15-11-5-4-6-12-14(11)17(13)8-7-16(12)3/h4-6,10,13,15H,7-9H2,1-3H3/t13-/m1/s1.